The summed E-state index contributed by atoms with van der Waals surface area (Å²) >= 11 is 6.78. The molecule has 0 fully saturated rings. The number of aromatic nitrogens is 2. The van der Waals surface area contributed by atoms with Gasteiger partial charge in [0.2, 0.25) is 15.7 Å². The quantitative estimate of drug-likeness (QED) is 0.221. The Morgan fingerprint density at radius 2 is 1.50 bits per heavy atom. The molecule has 0 spiro atoms. The molecule has 0 unspecified atom stereocenters. The number of fused-ring (bicyclic) bond motifs is 4. The van der Waals surface area contributed by atoms with Crippen molar-refractivity contribution in [3.63, 3.8) is 0 Å². The summed E-state index contributed by atoms with van der Waals surface area (Å²) in [6, 6.07) is 28.2. The highest BCUT2D eigenvalue weighted by Gasteiger charge is 2.43. The number of amidine groups is 1. The molecule has 44 heavy (non-hydrogen) atoms. The highest BCUT2D eigenvalue weighted by Crippen LogP contribution is 2.48. The Hall–Kier alpha value is -4.73. The number of benzene rings is 4. The Morgan fingerprint density at radius 3 is 2.18 bits per heavy atom. The number of para-hydroxylation sites is 2. The Labute approximate surface area is 260 Å². The summed E-state index contributed by atoms with van der Waals surface area (Å²) in [4.78, 5) is 20.6. The number of aliphatic imine (C=N–C) groups is 1. The third-order valence-corrected chi connectivity index (χ3v) is 10.2. The van der Waals surface area contributed by atoms with Crippen LogP contribution in [0.3, 0.4) is 0 Å². The average molecular weight is 622 g/mol. The zero-order valence-corrected chi connectivity index (χ0v) is 25.8. The number of nitrogens with zero attached hydrogens (tertiary/aromatic N) is 4. The highest BCUT2D eigenvalue weighted by atomic mass is 35.5. The van der Waals surface area contributed by atoms with E-state index in [0.29, 0.717) is 33.8 Å². The van der Waals surface area contributed by atoms with E-state index in [0.717, 1.165) is 22.4 Å². The molecule has 0 bridgehead atoms. The Kier molecular flexibility index (Phi) is 6.68. The molecule has 0 aliphatic carbocycles. The van der Waals surface area contributed by atoms with E-state index < -0.39 is 15.9 Å². The molecule has 7 rings (SSSR count). The maximum atomic E-state index is 13.5. The lowest BCUT2D eigenvalue weighted by Crippen LogP contribution is -2.48. The van der Waals surface area contributed by atoms with Crippen LogP contribution in [0, 0.1) is 6.92 Å². The molecule has 5 aromatic rings. The first-order valence-electron chi connectivity index (χ1n) is 14.2. The van der Waals surface area contributed by atoms with Crippen molar-refractivity contribution >= 4 is 50.4 Å². The van der Waals surface area contributed by atoms with Gasteiger partial charge in [-0.25, -0.2) is 18.1 Å². The van der Waals surface area contributed by atoms with Gasteiger partial charge in [0.25, 0.3) is 5.91 Å². The number of halogens is 1. The lowest BCUT2D eigenvalue weighted by Gasteiger charge is -2.40. The van der Waals surface area contributed by atoms with Gasteiger partial charge in [-0.2, -0.15) is 5.10 Å². The number of nitrogens with one attached hydrogen (secondary N) is 1. The topological polar surface area (TPSA) is 96.7 Å². The third kappa shape index (κ3) is 4.42. The van der Waals surface area contributed by atoms with E-state index >= 15 is 0 Å². The van der Waals surface area contributed by atoms with Crippen LogP contribution in [0.5, 0.6) is 0 Å². The van der Waals surface area contributed by atoms with Crippen LogP contribution in [-0.4, -0.2) is 29.9 Å². The van der Waals surface area contributed by atoms with Crippen LogP contribution in [0.4, 0.5) is 17.2 Å². The van der Waals surface area contributed by atoms with Crippen LogP contribution in [0.1, 0.15) is 48.2 Å². The van der Waals surface area contributed by atoms with Crippen molar-refractivity contribution in [2.45, 2.75) is 42.5 Å². The number of amides is 1. The van der Waals surface area contributed by atoms with Crippen molar-refractivity contribution in [1.29, 1.82) is 0 Å². The molecule has 4 aromatic carbocycles. The van der Waals surface area contributed by atoms with Crippen LogP contribution >= 0.6 is 11.6 Å². The second-order valence-corrected chi connectivity index (χ2v) is 13.5. The molecule has 220 valence electrons. The first-order chi connectivity index (χ1) is 21.1. The van der Waals surface area contributed by atoms with Crippen molar-refractivity contribution in [3.05, 3.63) is 124 Å². The van der Waals surface area contributed by atoms with Crippen LogP contribution in [-0.2, 0) is 14.6 Å². The van der Waals surface area contributed by atoms with Gasteiger partial charge in [0, 0.05) is 10.6 Å². The van der Waals surface area contributed by atoms with Gasteiger partial charge in [-0.05, 0) is 78.6 Å². The first-order valence-corrected chi connectivity index (χ1v) is 16.1. The molecule has 1 amide bonds. The zero-order chi connectivity index (χ0) is 30.7. The fourth-order valence-electron chi connectivity index (χ4n) is 5.85. The van der Waals surface area contributed by atoms with E-state index in [-0.39, 0.29) is 21.5 Å². The van der Waals surface area contributed by atoms with Crippen LogP contribution < -0.4 is 10.2 Å². The minimum atomic E-state index is -3.73. The number of hydrogen-bond acceptors (Lipinski definition) is 6. The maximum Gasteiger partial charge on any atom is 0.291 e. The van der Waals surface area contributed by atoms with Crippen LogP contribution in [0.15, 0.2) is 112 Å². The predicted molar refractivity (Wildman–Crippen MR) is 172 cm³/mol. The number of rotatable bonds is 5. The van der Waals surface area contributed by atoms with Gasteiger partial charge in [0.05, 0.1) is 38.6 Å². The van der Waals surface area contributed by atoms with Crippen molar-refractivity contribution in [3.8, 4) is 5.69 Å². The molecule has 2 aliphatic rings. The summed E-state index contributed by atoms with van der Waals surface area (Å²) in [7, 11) is -3.73. The largest absolute Gasteiger partial charge is 0.317 e. The second kappa shape index (κ2) is 10.5. The molecule has 0 saturated carbocycles. The van der Waals surface area contributed by atoms with E-state index in [9.17, 15) is 13.2 Å². The molecule has 1 N–H and O–H groups in total. The summed E-state index contributed by atoms with van der Waals surface area (Å²) in [5.41, 5.74) is 5.47. The average Bonchev–Trinajstić information content (AvgIpc) is 3.36. The summed E-state index contributed by atoms with van der Waals surface area (Å²) in [6.07, 6.45) is 0. The molecular weight excluding hydrogens is 594 g/mol. The smallest absolute Gasteiger partial charge is 0.291 e. The Bertz CT molecular complexity index is 2080. The fourth-order valence-corrected chi connectivity index (χ4v) is 7.35. The summed E-state index contributed by atoms with van der Waals surface area (Å²) in [5, 5.41) is 8.34. The monoisotopic (exact) mass is 621 g/mol. The number of sulfone groups is 1. The number of anilines is 2. The first kappa shape index (κ1) is 28.1. The van der Waals surface area contributed by atoms with Crippen molar-refractivity contribution in [2.24, 2.45) is 4.99 Å². The number of aryl methyl sites for hydroxylation is 1. The fraction of sp³-hybridized carbons (Fsp3) is 0.147. The standard InChI is InChI=1S/C34H28ClN5O3S/c1-20(2)22-12-16-24(17-13-22)44(42,43)25-18-14-23(15-19-25)40-32-30(21(3)38-40)31(26-8-4-5-9-27(26)35)39-29-11-7-6-10-28(29)36-34(41)33(39)37-32/h4-20,31H,1-3H3,(H,36,41)/t31-/m0/s1. The second-order valence-electron chi connectivity index (χ2n) is 11.2. The maximum absolute atomic E-state index is 13.5. The SMILES string of the molecule is Cc1nn(-c2ccc(S(=O)(=O)c3ccc(C(C)C)cc3)cc2)c2c1[C@H](c1ccccc1Cl)N1C(=N2)C(=O)Nc2ccccc21. The van der Waals surface area contributed by atoms with E-state index in [1.807, 2.05) is 72.5 Å². The van der Waals surface area contributed by atoms with E-state index in [1.54, 1.807) is 41.1 Å². The van der Waals surface area contributed by atoms with Gasteiger partial charge < -0.3 is 10.2 Å². The molecule has 0 radical (unpaired) electrons. The van der Waals surface area contributed by atoms with Gasteiger partial charge in [0.1, 0.15) is 0 Å². The molecular formula is C34H28ClN5O3S. The van der Waals surface area contributed by atoms with Gasteiger partial charge >= 0.3 is 0 Å². The Balaban J connectivity index is 1.35. The van der Waals surface area contributed by atoms with Crippen molar-refractivity contribution in [2.75, 3.05) is 10.2 Å². The van der Waals surface area contributed by atoms with Gasteiger partial charge in [-0.3, -0.25) is 4.79 Å². The zero-order valence-electron chi connectivity index (χ0n) is 24.2. The molecule has 1 atom stereocenters. The lowest BCUT2D eigenvalue weighted by atomic mass is 9.93. The van der Waals surface area contributed by atoms with Crippen LogP contribution in [0.25, 0.3) is 5.69 Å². The molecule has 0 saturated heterocycles. The number of carbonyl (C=O) groups excluding carboxylic acids is 1. The van der Waals surface area contributed by atoms with Gasteiger partial charge in [-0.1, -0.05) is 67.9 Å². The Morgan fingerprint density at radius 1 is 0.864 bits per heavy atom. The third-order valence-electron chi connectivity index (χ3n) is 8.12. The van der Waals surface area contributed by atoms with Gasteiger partial charge in [0.15, 0.2) is 5.82 Å². The molecule has 2 aliphatic heterocycles. The van der Waals surface area contributed by atoms with E-state index in [4.69, 9.17) is 21.7 Å². The van der Waals surface area contributed by atoms with Gasteiger partial charge in [-0.15, -0.1) is 0 Å². The minimum absolute atomic E-state index is 0.172. The molecule has 3 heterocycles. The summed E-state index contributed by atoms with van der Waals surface area (Å²) < 4.78 is 28.5. The van der Waals surface area contributed by atoms with Crippen molar-refractivity contribution < 1.29 is 13.2 Å². The normalized spacial score (nSPS) is 15.8. The minimum Gasteiger partial charge on any atom is -0.317 e. The van der Waals surface area contributed by atoms with E-state index in [2.05, 4.69) is 19.2 Å². The summed E-state index contributed by atoms with van der Waals surface area (Å²) in [6.45, 7) is 6.03. The molecule has 10 heteroatoms. The number of hydrogen-bond donors (Lipinski definition) is 1. The molecule has 8 nitrogen and oxygen atoms in total. The van der Waals surface area contributed by atoms with E-state index in [1.165, 1.54) is 0 Å². The lowest BCUT2D eigenvalue weighted by molar-refractivity contribution is -0.110. The molecule has 1 aromatic heterocycles. The van der Waals surface area contributed by atoms with Crippen molar-refractivity contribution in [1.82, 2.24) is 9.78 Å². The van der Waals surface area contributed by atoms with Crippen LogP contribution in [0.2, 0.25) is 5.02 Å². The highest BCUT2D eigenvalue weighted by molar-refractivity contribution is 7.91. The number of carbonyl (C=O) groups is 1. The predicted octanol–water partition coefficient (Wildman–Crippen LogP) is 7.38. The summed E-state index contributed by atoms with van der Waals surface area (Å²) in [5.74, 6) is 0.651.